The lowest BCUT2D eigenvalue weighted by Gasteiger charge is -2.07. The lowest BCUT2D eigenvalue weighted by Crippen LogP contribution is -2.06. The summed E-state index contributed by atoms with van der Waals surface area (Å²) in [4.78, 5) is 15.2. The van der Waals surface area contributed by atoms with Crippen molar-refractivity contribution in [3.05, 3.63) is 65.7 Å². The van der Waals surface area contributed by atoms with Crippen LogP contribution in [0.5, 0.6) is 0 Å². The second-order valence-corrected chi connectivity index (χ2v) is 4.45. The molecule has 2 aromatic carbocycles. The zero-order chi connectivity index (χ0) is 14.1. The number of carboxylic acid groups (broad SMARTS) is 1. The number of halogens is 1. The fourth-order valence-electron chi connectivity index (χ4n) is 2.19. The Morgan fingerprint density at radius 3 is 2.80 bits per heavy atom. The van der Waals surface area contributed by atoms with Gasteiger partial charge in [0.05, 0.1) is 29.5 Å². The van der Waals surface area contributed by atoms with E-state index < -0.39 is 11.8 Å². The highest BCUT2D eigenvalue weighted by Crippen LogP contribution is 2.18. The van der Waals surface area contributed by atoms with Gasteiger partial charge in [-0.25, -0.2) is 14.2 Å². The van der Waals surface area contributed by atoms with E-state index in [1.165, 1.54) is 6.07 Å². The zero-order valence-corrected chi connectivity index (χ0v) is 10.5. The molecule has 0 fully saturated rings. The molecule has 4 nitrogen and oxygen atoms in total. The largest absolute Gasteiger partial charge is 0.478 e. The van der Waals surface area contributed by atoms with Gasteiger partial charge in [-0.2, -0.15) is 0 Å². The van der Waals surface area contributed by atoms with Gasteiger partial charge in [0, 0.05) is 5.56 Å². The molecule has 0 atom stereocenters. The van der Waals surface area contributed by atoms with E-state index in [-0.39, 0.29) is 12.1 Å². The number of nitrogens with zero attached hydrogens (tertiary/aromatic N) is 2. The molecule has 0 aliphatic carbocycles. The van der Waals surface area contributed by atoms with E-state index in [1.54, 1.807) is 23.0 Å². The van der Waals surface area contributed by atoms with Crippen LogP contribution in [0, 0.1) is 5.82 Å². The van der Waals surface area contributed by atoms with Crippen molar-refractivity contribution in [1.29, 1.82) is 0 Å². The minimum Gasteiger partial charge on any atom is -0.478 e. The molecule has 0 aliphatic heterocycles. The van der Waals surface area contributed by atoms with Crippen molar-refractivity contribution in [3.63, 3.8) is 0 Å². The van der Waals surface area contributed by atoms with Gasteiger partial charge < -0.3 is 9.67 Å². The molecule has 0 amide bonds. The van der Waals surface area contributed by atoms with Gasteiger partial charge in [0.25, 0.3) is 0 Å². The Labute approximate surface area is 114 Å². The van der Waals surface area contributed by atoms with Crippen molar-refractivity contribution in [3.8, 4) is 0 Å². The van der Waals surface area contributed by atoms with E-state index in [9.17, 15) is 9.18 Å². The molecule has 1 heterocycles. The summed E-state index contributed by atoms with van der Waals surface area (Å²) in [5, 5.41) is 8.93. The highest BCUT2D eigenvalue weighted by Gasteiger charge is 2.14. The third-order valence-electron chi connectivity index (χ3n) is 3.18. The van der Waals surface area contributed by atoms with Gasteiger partial charge in [-0.15, -0.1) is 0 Å². The Balaban J connectivity index is 2.03. The molecular weight excluding hydrogens is 259 g/mol. The highest BCUT2D eigenvalue weighted by molar-refractivity contribution is 5.88. The Hall–Kier alpha value is -2.69. The first kappa shape index (κ1) is 12.3. The monoisotopic (exact) mass is 270 g/mol. The van der Waals surface area contributed by atoms with E-state index in [0.29, 0.717) is 5.56 Å². The summed E-state index contributed by atoms with van der Waals surface area (Å²) >= 11 is 0. The third kappa shape index (κ3) is 2.03. The van der Waals surface area contributed by atoms with Gasteiger partial charge in [-0.1, -0.05) is 24.3 Å². The number of benzene rings is 2. The predicted octanol–water partition coefficient (Wildman–Crippen LogP) is 2.92. The predicted molar refractivity (Wildman–Crippen MR) is 72.2 cm³/mol. The molecule has 3 rings (SSSR count). The molecule has 0 spiro atoms. The van der Waals surface area contributed by atoms with Crippen molar-refractivity contribution in [2.24, 2.45) is 0 Å². The number of hydrogen-bond acceptors (Lipinski definition) is 2. The quantitative estimate of drug-likeness (QED) is 0.796. The van der Waals surface area contributed by atoms with Crippen LogP contribution in [0.15, 0.2) is 48.8 Å². The van der Waals surface area contributed by atoms with Crippen LogP contribution in [0.2, 0.25) is 0 Å². The average molecular weight is 270 g/mol. The maximum Gasteiger partial charge on any atom is 0.338 e. The minimum absolute atomic E-state index is 0.244. The van der Waals surface area contributed by atoms with Gasteiger partial charge in [-0.05, 0) is 18.2 Å². The zero-order valence-electron chi connectivity index (χ0n) is 10.5. The molecule has 0 bridgehead atoms. The minimum atomic E-state index is -1.26. The third-order valence-corrected chi connectivity index (χ3v) is 3.18. The van der Waals surface area contributed by atoms with Crippen LogP contribution in [0.25, 0.3) is 11.0 Å². The molecule has 20 heavy (non-hydrogen) atoms. The molecule has 5 heteroatoms. The van der Waals surface area contributed by atoms with Crippen molar-refractivity contribution < 1.29 is 14.3 Å². The summed E-state index contributed by atoms with van der Waals surface area (Å²) < 4.78 is 15.9. The van der Waals surface area contributed by atoms with Gasteiger partial charge in [0.2, 0.25) is 0 Å². The maximum atomic E-state index is 14.1. The molecule has 0 unspecified atom stereocenters. The number of hydrogen-bond donors (Lipinski definition) is 1. The smallest absolute Gasteiger partial charge is 0.338 e. The molecule has 0 radical (unpaired) electrons. The number of para-hydroxylation sites is 2. The van der Waals surface area contributed by atoms with Crippen LogP contribution >= 0.6 is 0 Å². The first-order chi connectivity index (χ1) is 9.66. The van der Waals surface area contributed by atoms with E-state index in [2.05, 4.69) is 4.98 Å². The lowest BCUT2D eigenvalue weighted by atomic mass is 10.1. The summed E-state index contributed by atoms with van der Waals surface area (Å²) in [6.45, 7) is 0.244. The number of rotatable bonds is 3. The number of fused-ring (bicyclic) bond motifs is 1. The highest BCUT2D eigenvalue weighted by atomic mass is 19.1. The van der Waals surface area contributed by atoms with Crippen LogP contribution in [0.3, 0.4) is 0 Å². The molecule has 100 valence electrons. The molecule has 1 aromatic heterocycles. The summed E-state index contributed by atoms with van der Waals surface area (Å²) in [6.07, 6.45) is 1.62. The fourth-order valence-corrected chi connectivity index (χ4v) is 2.19. The van der Waals surface area contributed by atoms with Crippen LogP contribution in [0.1, 0.15) is 15.9 Å². The Bertz CT molecular complexity index is 795. The van der Waals surface area contributed by atoms with Crippen molar-refractivity contribution >= 4 is 17.0 Å². The molecule has 0 saturated carbocycles. The normalized spacial score (nSPS) is 10.8. The average Bonchev–Trinajstić information content (AvgIpc) is 2.84. The maximum absolute atomic E-state index is 14.1. The number of aromatic nitrogens is 2. The summed E-state index contributed by atoms with van der Waals surface area (Å²) in [5.41, 5.74) is 1.72. The van der Waals surface area contributed by atoms with E-state index in [1.807, 2.05) is 24.3 Å². The number of aromatic carboxylic acids is 1. The summed E-state index contributed by atoms with van der Waals surface area (Å²) in [7, 11) is 0. The number of imidazole rings is 1. The second kappa shape index (κ2) is 4.77. The van der Waals surface area contributed by atoms with Gasteiger partial charge in [-0.3, -0.25) is 0 Å². The van der Waals surface area contributed by atoms with E-state index >= 15 is 0 Å². The number of carboxylic acids is 1. The molecule has 1 N–H and O–H groups in total. The van der Waals surface area contributed by atoms with E-state index in [0.717, 1.165) is 11.0 Å². The van der Waals surface area contributed by atoms with E-state index in [4.69, 9.17) is 5.11 Å². The molecule has 3 aromatic rings. The van der Waals surface area contributed by atoms with Gasteiger partial charge >= 0.3 is 5.97 Å². The van der Waals surface area contributed by atoms with Crippen LogP contribution in [-0.4, -0.2) is 20.6 Å². The van der Waals surface area contributed by atoms with Gasteiger partial charge in [0.15, 0.2) is 0 Å². The standard InChI is InChI=1S/C15H11FN2O2/c16-14-10(4-3-5-11(14)15(19)20)8-18-9-17-12-6-1-2-7-13(12)18/h1-7,9H,8H2,(H,19,20). The van der Waals surface area contributed by atoms with Crippen LogP contribution in [-0.2, 0) is 6.54 Å². The first-order valence-electron chi connectivity index (χ1n) is 6.07. The fraction of sp³-hybridized carbons (Fsp3) is 0.0667. The number of carbonyl (C=O) groups is 1. The van der Waals surface area contributed by atoms with Crippen molar-refractivity contribution in [2.45, 2.75) is 6.54 Å². The summed E-state index contributed by atoms with van der Waals surface area (Å²) in [5.74, 6) is -1.96. The Morgan fingerprint density at radius 1 is 1.20 bits per heavy atom. The SMILES string of the molecule is O=C(O)c1cccc(Cn2cnc3ccccc32)c1F. The van der Waals surface area contributed by atoms with Crippen molar-refractivity contribution in [2.75, 3.05) is 0 Å². The molecule has 0 saturated heterocycles. The lowest BCUT2D eigenvalue weighted by molar-refractivity contribution is 0.0691. The molecular formula is C15H11FN2O2. The summed E-state index contributed by atoms with van der Waals surface area (Å²) in [6, 6.07) is 11.9. The molecule has 0 aliphatic rings. The Morgan fingerprint density at radius 2 is 2.00 bits per heavy atom. The van der Waals surface area contributed by atoms with Crippen molar-refractivity contribution in [1.82, 2.24) is 9.55 Å². The second-order valence-electron chi connectivity index (χ2n) is 4.45. The van der Waals surface area contributed by atoms with Crippen LogP contribution in [0.4, 0.5) is 4.39 Å². The topological polar surface area (TPSA) is 55.1 Å². The van der Waals surface area contributed by atoms with Gasteiger partial charge in [0.1, 0.15) is 5.82 Å². The first-order valence-corrected chi connectivity index (χ1v) is 6.07. The Kier molecular flexibility index (Phi) is 2.95. The van der Waals surface area contributed by atoms with Crippen LogP contribution < -0.4 is 0 Å².